The smallest absolute Gasteiger partial charge is 0.269 e. The molecule has 190 valence electrons. The Bertz CT molecular complexity index is 1560. The van der Waals surface area contributed by atoms with Crippen molar-refractivity contribution in [3.05, 3.63) is 98.7 Å². The van der Waals surface area contributed by atoms with Crippen LogP contribution in [0.2, 0.25) is 0 Å². The number of allylic oxidation sites excluding steroid dienone is 6. The van der Waals surface area contributed by atoms with Crippen LogP contribution < -0.4 is 4.90 Å². The number of carbonyl (C=O) groups excluding carboxylic acids is 4. The summed E-state index contributed by atoms with van der Waals surface area (Å²) >= 11 is 0. The number of nitro benzene ring substituents is 1. The Hall–Kier alpha value is -4.66. The van der Waals surface area contributed by atoms with Crippen LogP contribution in [0.3, 0.4) is 0 Å². The van der Waals surface area contributed by atoms with Crippen LogP contribution in [0.4, 0.5) is 11.4 Å². The van der Waals surface area contributed by atoms with Crippen molar-refractivity contribution in [1.29, 1.82) is 0 Å². The first-order chi connectivity index (χ1) is 18.2. The molecule has 1 saturated heterocycles. The van der Waals surface area contributed by atoms with Crippen LogP contribution in [0.1, 0.15) is 31.2 Å². The molecule has 6 rings (SSSR count). The number of amides is 2. The fourth-order valence-corrected chi connectivity index (χ4v) is 6.44. The Kier molecular flexibility index (Phi) is 5.27. The fraction of sp³-hybridized carbons (Fsp3) is 0.241. The summed E-state index contributed by atoms with van der Waals surface area (Å²) in [5, 5.41) is 21.2. The van der Waals surface area contributed by atoms with E-state index in [1.807, 2.05) is 6.08 Å². The lowest BCUT2D eigenvalue weighted by molar-refractivity contribution is -0.384. The van der Waals surface area contributed by atoms with E-state index in [1.165, 1.54) is 36.4 Å². The molecule has 3 aliphatic carbocycles. The molecule has 0 radical (unpaired) electrons. The number of Topliss-reactive ketones (excluding diaryl/α,β-unsaturated/α-hetero) is 1. The topological polar surface area (TPSA) is 135 Å². The van der Waals surface area contributed by atoms with Gasteiger partial charge in [0.15, 0.2) is 11.6 Å². The summed E-state index contributed by atoms with van der Waals surface area (Å²) < 4.78 is 0. The molecule has 2 aromatic carbocycles. The lowest BCUT2D eigenvalue weighted by Gasteiger charge is -2.42. The molecule has 0 unspecified atom stereocenters. The number of rotatable bonds is 3. The molecule has 9 nitrogen and oxygen atoms in total. The Morgan fingerprint density at radius 3 is 2.42 bits per heavy atom. The first kappa shape index (κ1) is 23.7. The SMILES string of the molecule is CC1=CC(=O)C2=C(C[C@@H]3C(=CC[C@@H]4C(=O)N(c5ccc([N+](=O)[O-])cc5)C(=O)[C@@H]43)[C@@H]2c2cccc(O)c2)C1=O. The average molecular weight is 511 g/mol. The van der Waals surface area contributed by atoms with Gasteiger partial charge in [-0.1, -0.05) is 23.8 Å². The molecule has 4 atom stereocenters. The predicted molar refractivity (Wildman–Crippen MR) is 135 cm³/mol. The average Bonchev–Trinajstić information content (AvgIpc) is 3.15. The Balaban J connectivity index is 1.45. The molecule has 2 amide bonds. The number of aromatic hydroxyl groups is 1. The maximum atomic E-state index is 13.8. The quantitative estimate of drug-likeness (QED) is 0.217. The van der Waals surface area contributed by atoms with E-state index in [0.717, 1.165) is 10.5 Å². The lowest BCUT2D eigenvalue weighted by Crippen LogP contribution is -2.39. The Morgan fingerprint density at radius 2 is 1.74 bits per heavy atom. The second-order valence-corrected chi connectivity index (χ2v) is 10.1. The molecule has 1 aliphatic heterocycles. The molecule has 0 aromatic heterocycles. The third kappa shape index (κ3) is 3.38. The van der Waals surface area contributed by atoms with E-state index < -0.39 is 34.5 Å². The number of benzene rings is 2. The normalized spacial score (nSPS) is 26.5. The van der Waals surface area contributed by atoms with E-state index >= 15 is 0 Å². The maximum absolute atomic E-state index is 13.8. The first-order valence-corrected chi connectivity index (χ1v) is 12.3. The highest BCUT2D eigenvalue weighted by Crippen LogP contribution is 2.55. The molecule has 1 heterocycles. The number of anilines is 1. The third-order valence-electron chi connectivity index (χ3n) is 8.08. The van der Waals surface area contributed by atoms with Gasteiger partial charge in [-0.2, -0.15) is 0 Å². The number of ketones is 2. The number of hydrogen-bond donors (Lipinski definition) is 1. The molecule has 0 bridgehead atoms. The number of fused-ring (bicyclic) bond motifs is 3. The summed E-state index contributed by atoms with van der Waals surface area (Å²) in [6, 6.07) is 11.8. The Morgan fingerprint density at radius 1 is 1.00 bits per heavy atom. The highest BCUT2D eigenvalue weighted by atomic mass is 16.6. The zero-order valence-corrected chi connectivity index (χ0v) is 20.3. The van der Waals surface area contributed by atoms with Crippen LogP contribution in [0.5, 0.6) is 5.75 Å². The molecule has 0 saturated carbocycles. The second kappa shape index (κ2) is 8.44. The van der Waals surface area contributed by atoms with Crippen molar-refractivity contribution in [2.75, 3.05) is 4.90 Å². The number of phenols is 1. The van der Waals surface area contributed by atoms with Crippen molar-refractivity contribution in [1.82, 2.24) is 0 Å². The van der Waals surface area contributed by atoms with Crippen molar-refractivity contribution >= 4 is 34.8 Å². The van der Waals surface area contributed by atoms with Gasteiger partial charge in [-0.25, -0.2) is 0 Å². The van der Waals surface area contributed by atoms with Crippen molar-refractivity contribution in [2.45, 2.75) is 25.7 Å². The van der Waals surface area contributed by atoms with Crippen LogP contribution in [0.15, 0.2) is 83.0 Å². The van der Waals surface area contributed by atoms with Gasteiger partial charge < -0.3 is 5.11 Å². The van der Waals surface area contributed by atoms with Gasteiger partial charge in [-0.15, -0.1) is 0 Å². The zero-order chi connectivity index (χ0) is 26.9. The predicted octanol–water partition coefficient (Wildman–Crippen LogP) is 3.93. The standard InChI is InChI=1S/C29H22N2O7/c1-14-11-23(33)26-22(27(14)34)13-21-19(24(26)15-3-2-4-18(32)12-15)9-10-20-25(21)29(36)30(28(20)35)16-5-7-17(8-6-16)31(37)38/h2-9,11-12,20-21,24-25,32H,10,13H2,1H3/t20-,21+,24-,25-/m0/s1. The van der Waals surface area contributed by atoms with Gasteiger partial charge in [-0.05, 0) is 61.6 Å². The number of hydrogen-bond acceptors (Lipinski definition) is 7. The van der Waals surface area contributed by atoms with Crippen LogP contribution >= 0.6 is 0 Å². The highest BCUT2D eigenvalue weighted by molar-refractivity contribution is 6.25. The summed E-state index contributed by atoms with van der Waals surface area (Å²) in [6.07, 6.45) is 3.67. The van der Waals surface area contributed by atoms with Crippen LogP contribution in [0, 0.1) is 27.9 Å². The van der Waals surface area contributed by atoms with Gasteiger partial charge in [0.05, 0.1) is 22.4 Å². The van der Waals surface area contributed by atoms with Gasteiger partial charge in [0.25, 0.3) is 5.69 Å². The molecule has 4 aliphatic rings. The molecule has 0 spiro atoms. The van der Waals surface area contributed by atoms with Gasteiger partial charge in [-0.3, -0.25) is 34.2 Å². The summed E-state index contributed by atoms with van der Waals surface area (Å²) in [6.45, 7) is 1.59. The summed E-state index contributed by atoms with van der Waals surface area (Å²) in [4.78, 5) is 65.4. The first-order valence-electron chi connectivity index (χ1n) is 12.3. The van der Waals surface area contributed by atoms with Crippen molar-refractivity contribution in [3.8, 4) is 5.75 Å². The van der Waals surface area contributed by atoms with Crippen molar-refractivity contribution in [3.63, 3.8) is 0 Å². The number of imide groups is 1. The van der Waals surface area contributed by atoms with Gasteiger partial charge in [0.2, 0.25) is 11.8 Å². The Labute approximate surface area is 216 Å². The number of carbonyl (C=O) groups is 4. The summed E-state index contributed by atoms with van der Waals surface area (Å²) in [7, 11) is 0. The molecular weight excluding hydrogens is 488 g/mol. The van der Waals surface area contributed by atoms with Crippen LogP contribution in [0.25, 0.3) is 0 Å². The number of nitrogens with zero attached hydrogens (tertiary/aromatic N) is 2. The van der Waals surface area contributed by atoms with E-state index in [4.69, 9.17) is 0 Å². The minimum absolute atomic E-state index is 0.0128. The second-order valence-electron chi connectivity index (χ2n) is 10.1. The highest BCUT2D eigenvalue weighted by Gasteiger charge is 2.56. The van der Waals surface area contributed by atoms with E-state index in [9.17, 15) is 34.4 Å². The van der Waals surface area contributed by atoms with Gasteiger partial charge in [0.1, 0.15) is 5.75 Å². The largest absolute Gasteiger partial charge is 0.508 e. The molecule has 2 aromatic rings. The lowest BCUT2D eigenvalue weighted by atomic mass is 9.59. The fourth-order valence-electron chi connectivity index (χ4n) is 6.44. The van der Waals surface area contributed by atoms with Crippen LogP contribution in [-0.2, 0) is 19.2 Å². The van der Waals surface area contributed by atoms with Gasteiger partial charge >= 0.3 is 0 Å². The molecule has 1 fully saturated rings. The summed E-state index contributed by atoms with van der Waals surface area (Å²) in [5.74, 6) is -3.85. The van der Waals surface area contributed by atoms with Crippen molar-refractivity contribution < 1.29 is 29.2 Å². The van der Waals surface area contributed by atoms with Crippen LogP contribution in [-0.4, -0.2) is 33.4 Å². The monoisotopic (exact) mass is 510 g/mol. The number of phenolic OH excluding ortho intramolecular Hbond substituents is 1. The number of non-ortho nitro benzene ring substituents is 1. The summed E-state index contributed by atoms with van der Waals surface area (Å²) in [5.41, 5.74) is 2.55. The molecule has 9 heteroatoms. The van der Waals surface area contributed by atoms with Crippen molar-refractivity contribution in [2.24, 2.45) is 17.8 Å². The minimum Gasteiger partial charge on any atom is -0.508 e. The van der Waals surface area contributed by atoms with E-state index in [-0.39, 0.29) is 47.4 Å². The van der Waals surface area contributed by atoms with Gasteiger partial charge in [0, 0.05) is 34.8 Å². The minimum atomic E-state index is -0.749. The van der Waals surface area contributed by atoms with E-state index in [0.29, 0.717) is 22.3 Å². The number of nitro groups is 1. The maximum Gasteiger partial charge on any atom is 0.269 e. The molecule has 38 heavy (non-hydrogen) atoms. The zero-order valence-electron chi connectivity index (χ0n) is 20.3. The molecular formula is C29H22N2O7. The molecule has 1 N–H and O–H groups in total. The van der Waals surface area contributed by atoms with E-state index in [2.05, 4.69) is 0 Å². The third-order valence-corrected chi connectivity index (χ3v) is 8.08. The van der Waals surface area contributed by atoms with E-state index in [1.54, 1.807) is 25.1 Å².